The largest absolute Gasteiger partial charge is 0.392 e. The second kappa shape index (κ2) is 6.46. The number of hydrogen-bond acceptors (Lipinski definition) is 3. The molecule has 1 aliphatic rings. The van der Waals surface area contributed by atoms with Crippen LogP contribution in [0.1, 0.15) is 33.1 Å². The SMILES string of the molecule is CC(C)CC(O)CNC1CCCN(C)C1. The molecule has 0 radical (unpaired) electrons. The van der Waals surface area contributed by atoms with Crippen molar-refractivity contribution in [3.63, 3.8) is 0 Å². The van der Waals surface area contributed by atoms with Crippen LogP contribution in [-0.2, 0) is 0 Å². The quantitative estimate of drug-likeness (QED) is 0.719. The predicted octanol–water partition coefficient (Wildman–Crippen LogP) is 1.08. The maximum absolute atomic E-state index is 9.74. The first kappa shape index (κ1) is 12.9. The second-order valence-electron chi connectivity index (χ2n) is 5.29. The first-order chi connectivity index (χ1) is 7.08. The Morgan fingerprint density at radius 2 is 2.20 bits per heavy atom. The van der Waals surface area contributed by atoms with E-state index in [1.54, 1.807) is 0 Å². The fraction of sp³-hybridized carbons (Fsp3) is 1.00. The number of nitrogens with zero attached hydrogens (tertiary/aromatic N) is 1. The third-order valence-electron chi connectivity index (χ3n) is 3.01. The fourth-order valence-electron chi connectivity index (χ4n) is 2.26. The van der Waals surface area contributed by atoms with E-state index in [1.807, 2.05) is 0 Å². The van der Waals surface area contributed by atoms with Gasteiger partial charge in [-0.15, -0.1) is 0 Å². The molecular formula is C12H26N2O. The molecule has 1 aliphatic heterocycles. The molecule has 0 aromatic heterocycles. The first-order valence-corrected chi connectivity index (χ1v) is 6.18. The minimum atomic E-state index is -0.183. The van der Waals surface area contributed by atoms with Gasteiger partial charge in [-0.2, -0.15) is 0 Å². The van der Waals surface area contributed by atoms with Crippen LogP contribution in [0.2, 0.25) is 0 Å². The lowest BCUT2D eigenvalue weighted by Gasteiger charge is -2.31. The number of rotatable bonds is 5. The topological polar surface area (TPSA) is 35.5 Å². The number of likely N-dealkylation sites (N-methyl/N-ethyl adjacent to an activating group) is 1. The molecular weight excluding hydrogens is 188 g/mol. The van der Waals surface area contributed by atoms with Crippen LogP contribution < -0.4 is 5.32 Å². The van der Waals surface area contributed by atoms with E-state index in [-0.39, 0.29) is 6.10 Å². The molecule has 0 amide bonds. The number of hydrogen-bond donors (Lipinski definition) is 2. The summed E-state index contributed by atoms with van der Waals surface area (Å²) >= 11 is 0. The molecule has 90 valence electrons. The summed E-state index contributed by atoms with van der Waals surface area (Å²) in [5.74, 6) is 0.579. The highest BCUT2D eigenvalue weighted by Gasteiger charge is 2.17. The van der Waals surface area contributed by atoms with Crippen molar-refractivity contribution >= 4 is 0 Å². The van der Waals surface area contributed by atoms with Crippen LogP contribution in [0.5, 0.6) is 0 Å². The number of likely N-dealkylation sites (tertiary alicyclic amines) is 1. The predicted molar refractivity (Wildman–Crippen MR) is 64.0 cm³/mol. The summed E-state index contributed by atoms with van der Waals surface area (Å²) in [6.45, 7) is 7.38. The van der Waals surface area contributed by atoms with Crippen molar-refractivity contribution < 1.29 is 5.11 Å². The van der Waals surface area contributed by atoms with Gasteiger partial charge in [0.15, 0.2) is 0 Å². The summed E-state index contributed by atoms with van der Waals surface area (Å²) in [6, 6.07) is 0.575. The molecule has 0 spiro atoms. The lowest BCUT2D eigenvalue weighted by atomic mass is 10.0. The molecule has 0 saturated carbocycles. The number of aliphatic hydroxyl groups is 1. The van der Waals surface area contributed by atoms with E-state index >= 15 is 0 Å². The number of piperidine rings is 1. The van der Waals surface area contributed by atoms with Gasteiger partial charge in [-0.05, 0) is 38.8 Å². The monoisotopic (exact) mass is 214 g/mol. The molecule has 1 rings (SSSR count). The maximum Gasteiger partial charge on any atom is 0.0667 e. The Morgan fingerprint density at radius 1 is 1.47 bits per heavy atom. The summed E-state index contributed by atoms with van der Waals surface area (Å²) in [6.07, 6.45) is 3.24. The Hall–Kier alpha value is -0.120. The lowest BCUT2D eigenvalue weighted by Crippen LogP contribution is -2.46. The molecule has 0 bridgehead atoms. The average Bonchev–Trinajstić information content (AvgIpc) is 2.14. The molecule has 1 heterocycles. The van der Waals surface area contributed by atoms with Gasteiger partial charge in [0.1, 0.15) is 0 Å². The van der Waals surface area contributed by atoms with Crippen molar-refractivity contribution in [3.05, 3.63) is 0 Å². The molecule has 3 heteroatoms. The van der Waals surface area contributed by atoms with E-state index < -0.39 is 0 Å². The van der Waals surface area contributed by atoms with E-state index in [4.69, 9.17) is 0 Å². The van der Waals surface area contributed by atoms with Crippen LogP contribution in [0, 0.1) is 5.92 Å². The van der Waals surface area contributed by atoms with Crippen LogP contribution in [0.4, 0.5) is 0 Å². The summed E-state index contributed by atoms with van der Waals surface area (Å²) < 4.78 is 0. The third-order valence-corrected chi connectivity index (χ3v) is 3.01. The van der Waals surface area contributed by atoms with Crippen molar-refractivity contribution in [3.8, 4) is 0 Å². The first-order valence-electron chi connectivity index (χ1n) is 6.18. The molecule has 1 saturated heterocycles. The standard InChI is InChI=1S/C12H26N2O/c1-10(2)7-12(15)8-13-11-5-4-6-14(3)9-11/h10-13,15H,4-9H2,1-3H3. The average molecular weight is 214 g/mol. The zero-order valence-electron chi connectivity index (χ0n) is 10.4. The van der Waals surface area contributed by atoms with Crippen LogP contribution in [0.15, 0.2) is 0 Å². The van der Waals surface area contributed by atoms with Crippen molar-refractivity contribution in [2.45, 2.75) is 45.3 Å². The minimum Gasteiger partial charge on any atom is -0.392 e. The Kier molecular flexibility index (Phi) is 5.58. The zero-order valence-corrected chi connectivity index (χ0v) is 10.4. The highest BCUT2D eigenvalue weighted by atomic mass is 16.3. The van der Waals surface area contributed by atoms with Gasteiger partial charge in [0.05, 0.1) is 6.10 Å². The van der Waals surface area contributed by atoms with Crippen LogP contribution in [-0.4, -0.2) is 48.8 Å². The zero-order chi connectivity index (χ0) is 11.3. The molecule has 0 aromatic rings. The van der Waals surface area contributed by atoms with E-state index in [1.165, 1.54) is 19.4 Å². The summed E-state index contributed by atoms with van der Waals surface area (Å²) in [4.78, 5) is 2.36. The van der Waals surface area contributed by atoms with E-state index in [9.17, 15) is 5.11 Å². The van der Waals surface area contributed by atoms with Crippen molar-refractivity contribution in [2.24, 2.45) is 5.92 Å². The molecule has 2 atom stereocenters. The Morgan fingerprint density at radius 3 is 2.80 bits per heavy atom. The molecule has 0 aliphatic carbocycles. The highest BCUT2D eigenvalue weighted by molar-refractivity contribution is 4.77. The van der Waals surface area contributed by atoms with Gasteiger partial charge in [0.25, 0.3) is 0 Å². The van der Waals surface area contributed by atoms with Gasteiger partial charge >= 0.3 is 0 Å². The second-order valence-corrected chi connectivity index (χ2v) is 5.29. The summed E-state index contributed by atoms with van der Waals surface area (Å²) in [5, 5.41) is 13.2. The van der Waals surface area contributed by atoms with Gasteiger partial charge in [-0.25, -0.2) is 0 Å². The van der Waals surface area contributed by atoms with Crippen LogP contribution >= 0.6 is 0 Å². The minimum absolute atomic E-state index is 0.183. The maximum atomic E-state index is 9.74. The van der Waals surface area contributed by atoms with Crippen LogP contribution in [0.25, 0.3) is 0 Å². The van der Waals surface area contributed by atoms with E-state index in [0.717, 1.165) is 19.5 Å². The number of nitrogens with one attached hydrogen (secondary N) is 1. The highest BCUT2D eigenvalue weighted by Crippen LogP contribution is 2.09. The molecule has 3 nitrogen and oxygen atoms in total. The van der Waals surface area contributed by atoms with Gasteiger partial charge in [0.2, 0.25) is 0 Å². The Bertz CT molecular complexity index is 173. The van der Waals surface area contributed by atoms with Crippen molar-refractivity contribution in [2.75, 3.05) is 26.7 Å². The molecule has 2 N–H and O–H groups in total. The van der Waals surface area contributed by atoms with Gasteiger partial charge < -0.3 is 15.3 Å². The third kappa shape index (κ3) is 5.50. The molecule has 0 aromatic carbocycles. The van der Waals surface area contributed by atoms with Gasteiger partial charge in [-0.3, -0.25) is 0 Å². The van der Waals surface area contributed by atoms with Gasteiger partial charge in [0, 0.05) is 19.1 Å². The lowest BCUT2D eigenvalue weighted by molar-refractivity contribution is 0.133. The Balaban J connectivity index is 2.13. The van der Waals surface area contributed by atoms with Crippen LogP contribution in [0.3, 0.4) is 0 Å². The molecule has 1 fully saturated rings. The molecule has 2 unspecified atom stereocenters. The van der Waals surface area contributed by atoms with Crippen molar-refractivity contribution in [1.82, 2.24) is 10.2 Å². The normalized spacial score (nSPS) is 25.8. The van der Waals surface area contributed by atoms with Gasteiger partial charge in [-0.1, -0.05) is 13.8 Å². The fourth-order valence-corrected chi connectivity index (χ4v) is 2.26. The van der Waals surface area contributed by atoms with E-state index in [2.05, 4.69) is 31.1 Å². The number of aliphatic hydroxyl groups excluding tert-OH is 1. The smallest absolute Gasteiger partial charge is 0.0667 e. The molecule has 15 heavy (non-hydrogen) atoms. The summed E-state index contributed by atoms with van der Waals surface area (Å²) in [5.41, 5.74) is 0. The van der Waals surface area contributed by atoms with Crippen molar-refractivity contribution in [1.29, 1.82) is 0 Å². The Labute approximate surface area is 93.9 Å². The van der Waals surface area contributed by atoms with E-state index in [0.29, 0.717) is 12.0 Å². The summed E-state index contributed by atoms with van der Waals surface area (Å²) in [7, 11) is 2.17.